The summed E-state index contributed by atoms with van der Waals surface area (Å²) in [6.45, 7) is 0.834. The number of aliphatic hydroxyl groups excluding tert-OH is 2. The smallest absolute Gasteiger partial charge is 0.313 e. The Morgan fingerprint density at radius 1 is 1.57 bits per heavy atom. The van der Waals surface area contributed by atoms with E-state index < -0.39 is 12.4 Å². The van der Waals surface area contributed by atoms with E-state index in [2.05, 4.69) is 11.3 Å². The van der Waals surface area contributed by atoms with Crippen LogP contribution in [0.4, 0.5) is 0 Å². The molecule has 0 amide bonds. The number of rotatable bonds is 2. The minimum absolute atomic E-state index is 0.713. The van der Waals surface area contributed by atoms with Crippen molar-refractivity contribution >= 4 is 0 Å². The Morgan fingerprint density at radius 3 is 2.00 bits per heavy atom. The fourth-order valence-electron chi connectivity index (χ4n) is 0.122. The number of aliphatic hydroxyl groups is 3. The predicted octanol–water partition coefficient (Wildman–Crippen LogP) is -0.700. The molecule has 0 aromatic carbocycles. The molecule has 0 aromatic rings. The highest BCUT2D eigenvalue weighted by Crippen LogP contribution is 1.87. The minimum atomic E-state index is -1.97. The third-order valence-electron chi connectivity index (χ3n) is 0.241. The quantitative estimate of drug-likeness (QED) is 0.321. The van der Waals surface area contributed by atoms with Crippen LogP contribution in [-0.2, 0) is 4.74 Å². The van der Waals surface area contributed by atoms with Gasteiger partial charge in [-0.05, 0) is 6.58 Å². The van der Waals surface area contributed by atoms with E-state index >= 15 is 0 Å². The van der Waals surface area contributed by atoms with Gasteiger partial charge in [0.2, 0.25) is 0 Å². The Bertz CT molecular complexity index is 67.3. The Balaban J connectivity index is 3.13. The third-order valence-corrected chi connectivity index (χ3v) is 0.241. The molecule has 0 heterocycles. The molecule has 0 aliphatic rings. The molecule has 0 fully saturated rings. The molecule has 0 rings (SSSR count). The zero-order valence-corrected chi connectivity index (χ0v) is 3.53. The summed E-state index contributed by atoms with van der Waals surface area (Å²) >= 11 is 0. The maximum atomic E-state index is 7.99. The maximum absolute atomic E-state index is 7.99. The first-order valence-electron chi connectivity index (χ1n) is 1.53. The van der Waals surface area contributed by atoms with Gasteiger partial charge in [-0.2, -0.15) is 0 Å². The second-order valence-corrected chi connectivity index (χ2v) is 0.838. The highest BCUT2D eigenvalue weighted by atomic mass is 16.8. The summed E-state index contributed by atoms with van der Waals surface area (Å²) in [6, 6.07) is 0. The zero-order valence-electron chi connectivity index (χ0n) is 3.53. The van der Waals surface area contributed by atoms with Gasteiger partial charge in [-0.3, -0.25) is 0 Å². The molecular formula is C3H6O4. The molecule has 0 saturated heterocycles. The van der Waals surface area contributed by atoms with Gasteiger partial charge >= 0.3 is 6.48 Å². The Morgan fingerprint density at radius 2 is 2.00 bits per heavy atom. The van der Waals surface area contributed by atoms with Crippen LogP contribution in [0.3, 0.4) is 0 Å². The van der Waals surface area contributed by atoms with E-state index in [4.69, 9.17) is 15.3 Å². The summed E-state index contributed by atoms with van der Waals surface area (Å²) in [5.74, 6) is -0.713. The Kier molecular flexibility index (Phi) is 2.18. The average Bonchev–Trinajstić information content (AvgIpc) is 1.27. The molecule has 7 heavy (non-hydrogen) atoms. The predicted molar refractivity (Wildman–Crippen MR) is 21.1 cm³/mol. The van der Waals surface area contributed by atoms with Gasteiger partial charge in [-0.25, -0.2) is 0 Å². The molecule has 42 valence electrons. The SMILES string of the molecule is C=C(O)OC(O)O. The van der Waals surface area contributed by atoms with E-state index in [1.54, 1.807) is 0 Å². The first-order chi connectivity index (χ1) is 3.13. The second kappa shape index (κ2) is 2.44. The van der Waals surface area contributed by atoms with Gasteiger partial charge < -0.3 is 20.1 Å². The molecule has 0 atom stereocenters. The Labute approximate surface area is 40.3 Å². The van der Waals surface area contributed by atoms with Crippen molar-refractivity contribution in [1.82, 2.24) is 0 Å². The van der Waals surface area contributed by atoms with Crippen LogP contribution in [0, 0.1) is 0 Å². The summed E-state index contributed by atoms with van der Waals surface area (Å²) < 4.78 is 3.72. The van der Waals surface area contributed by atoms with Gasteiger partial charge in [0, 0.05) is 0 Å². The molecule has 0 unspecified atom stereocenters. The fourth-order valence-corrected chi connectivity index (χ4v) is 0.122. The van der Waals surface area contributed by atoms with Crippen LogP contribution in [-0.4, -0.2) is 21.8 Å². The summed E-state index contributed by atoms with van der Waals surface area (Å²) in [6.07, 6.45) is 0. The normalized spacial score (nSPS) is 9.00. The van der Waals surface area contributed by atoms with Crippen LogP contribution < -0.4 is 0 Å². The van der Waals surface area contributed by atoms with Crippen LogP contribution in [0.2, 0.25) is 0 Å². The lowest BCUT2D eigenvalue weighted by Gasteiger charge is -2.01. The van der Waals surface area contributed by atoms with E-state index in [9.17, 15) is 0 Å². The molecule has 0 aliphatic heterocycles. The molecule has 4 heteroatoms. The summed E-state index contributed by atoms with van der Waals surface area (Å²) in [5, 5.41) is 23.7. The van der Waals surface area contributed by atoms with E-state index in [1.807, 2.05) is 0 Å². The van der Waals surface area contributed by atoms with Crippen LogP contribution in [0.1, 0.15) is 0 Å². The Hall–Kier alpha value is -0.740. The highest BCUT2D eigenvalue weighted by Gasteiger charge is 1.94. The van der Waals surface area contributed by atoms with Crippen molar-refractivity contribution in [1.29, 1.82) is 0 Å². The van der Waals surface area contributed by atoms with E-state index in [-0.39, 0.29) is 0 Å². The fraction of sp³-hybridized carbons (Fsp3) is 0.333. The monoisotopic (exact) mass is 106 g/mol. The molecule has 0 aliphatic carbocycles. The molecule has 0 bridgehead atoms. The summed E-state index contributed by atoms with van der Waals surface area (Å²) in [5.41, 5.74) is 0. The van der Waals surface area contributed by atoms with E-state index in [0.29, 0.717) is 0 Å². The van der Waals surface area contributed by atoms with Crippen LogP contribution in [0.15, 0.2) is 12.5 Å². The number of ether oxygens (including phenoxy) is 1. The summed E-state index contributed by atoms with van der Waals surface area (Å²) in [4.78, 5) is 0. The lowest BCUT2D eigenvalue weighted by Crippen LogP contribution is -2.08. The zero-order chi connectivity index (χ0) is 5.86. The molecule has 0 spiro atoms. The van der Waals surface area contributed by atoms with E-state index in [0.717, 1.165) is 0 Å². The molecular weight excluding hydrogens is 100 g/mol. The van der Waals surface area contributed by atoms with Gasteiger partial charge in [0.1, 0.15) is 0 Å². The minimum Gasteiger partial charge on any atom is -0.481 e. The van der Waals surface area contributed by atoms with Crippen LogP contribution >= 0.6 is 0 Å². The number of hydrogen-bond acceptors (Lipinski definition) is 4. The van der Waals surface area contributed by atoms with Crippen molar-refractivity contribution < 1.29 is 20.1 Å². The van der Waals surface area contributed by atoms with Crippen LogP contribution in [0.5, 0.6) is 0 Å². The lowest BCUT2D eigenvalue weighted by atomic mass is 11.0. The largest absolute Gasteiger partial charge is 0.481 e. The standard InChI is InChI=1S/C3H6O4/c1-2(4)7-3(5)6/h3-6H,1H2. The molecule has 4 nitrogen and oxygen atoms in total. The van der Waals surface area contributed by atoms with E-state index in [1.165, 1.54) is 0 Å². The van der Waals surface area contributed by atoms with Gasteiger partial charge in [-0.15, -0.1) is 0 Å². The van der Waals surface area contributed by atoms with Gasteiger partial charge in [0.05, 0.1) is 0 Å². The topological polar surface area (TPSA) is 69.9 Å². The van der Waals surface area contributed by atoms with Crippen molar-refractivity contribution in [2.24, 2.45) is 0 Å². The maximum Gasteiger partial charge on any atom is 0.313 e. The van der Waals surface area contributed by atoms with Crippen molar-refractivity contribution in [3.8, 4) is 0 Å². The molecule has 3 N–H and O–H groups in total. The van der Waals surface area contributed by atoms with Gasteiger partial charge in [-0.1, -0.05) is 0 Å². The van der Waals surface area contributed by atoms with Crippen molar-refractivity contribution in [2.45, 2.75) is 6.48 Å². The van der Waals surface area contributed by atoms with Crippen molar-refractivity contribution in [2.75, 3.05) is 0 Å². The average molecular weight is 106 g/mol. The van der Waals surface area contributed by atoms with Crippen molar-refractivity contribution in [3.63, 3.8) is 0 Å². The highest BCUT2D eigenvalue weighted by molar-refractivity contribution is 4.60. The lowest BCUT2D eigenvalue weighted by molar-refractivity contribution is -0.229. The van der Waals surface area contributed by atoms with Gasteiger partial charge in [0.25, 0.3) is 5.95 Å². The van der Waals surface area contributed by atoms with Crippen LogP contribution in [0.25, 0.3) is 0 Å². The second-order valence-electron chi connectivity index (χ2n) is 0.838. The number of hydrogen-bond donors (Lipinski definition) is 3. The molecule has 0 aromatic heterocycles. The van der Waals surface area contributed by atoms with Gasteiger partial charge in [0.15, 0.2) is 0 Å². The summed E-state index contributed by atoms with van der Waals surface area (Å²) in [7, 11) is 0. The first kappa shape index (κ1) is 6.26. The molecule has 0 radical (unpaired) electrons. The first-order valence-corrected chi connectivity index (χ1v) is 1.53. The third kappa shape index (κ3) is 5.26. The van der Waals surface area contributed by atoms with Crippen molar-refractivity contribution in [3.05, 3.63) is 12.5 Å². The molecule has 0 saturated carbocycles.